The van der Waals surface area contributed by atoms with Crippen molar-refractivity contribution in [2.75, 3.05) is 0 Å². The zero-order valence-electron chi connectivity index (χ0n) is 10.9. The van der Waals surface area contributed by atoms with Crippen LogP contribution in [0.2, 0.25) is 0 Å². The number of nitrogens with one attached hydrogen (secondary N) is 1. The van der Waals surface area contributed by atoms with Crippen molar-refractivity contribution >= 4 is 22.0 Å². The fourth-order valence-electron chi connectivity index (χ4n) is 1.25. The van der Waals surface area contributed by atoms with E-state index in [0.29, 0.717) is 5.56 Å². The number of aryl methyl sites for hydroxylation is 1. The van der Waals surface area contributed by atoms with Crippen molar-refractivity contribution in [3.63, 3.8) is 0 Å². The lowest BCUT2D eigenvalue weighted by atomic mass is 10.2. The molecule has 0 atom stereocenters. The van der Waals surface area contributed by atoms with E-state index in [9.17, 15) is 9.59 Å². The highest BCUT2D eigenvalue weighted by atomic mass is 79.9. The van der Waals surface area contributed by atoms with Gasteiger partial charge in [-0.05, 0) is 42.3 Å². The summed E-state index contributed by atoms with van der Waals surface area (Å²) in [5, 5.41) is 2.60. The first-order valence-electron chi connectivity index (χ1n) is 5.51. The van der Waals surface area contributed by atoms with Gasteiger partial charge in [0.05, 0.1) is 0 Å². The first-order chi connectivity index (χ1) is 8.19. The number of carbonyl (C=O) groups is 1. The third-order valence-electron chi connectivity index (χ3n) is 2.08. The molecule has 0 unspecified atom stereocenters. The maximum Gasteiger partial charge on any atom is 0.407 e. The Morgan fingerprint density at radius 1 is 1.50 bits per heavy atom. The van der Waals surface area contributed by atoms with Gasteiger partial charge >= 0.3 is 6.09 Å². The van der Waals surface area contributed by atoms with Gasteiger partial charge in [0.1, 0.15) is 5.60 Å². The first kappa shape index (κ1) is 14.8. The minimum Gasteiger partial charge on any atom is -0.444 e. The van der Waals surface area contributed by atoms with Crippen LogP contribution < -0.4 is 10.9 Å². The number of hydrogen-bond donors (Lipinski definition) is 1. The van der Waals surface area contributed by atoms with Gasteiger partial charge in [0.25, 0.3) is 5.56 Å². The number of hydrogen-bond acceptors (Lipinski definition) is 3. The van der Waals surface area contributed by atoms with Gasteiger partial charge in [0.15, 0.2) is 0 Å². The molecule has 0 aliphatic carbocycles. The third kappa shape index (κ3) is 4.52. The van der Waals surface area contributed by atoms with E-state index in [0.717, 1.165) is 4.47 Å². The Kier molecular flexibility index (Phi) is 4.56. The number of amides is 1. The third-order valence-corrected chi connectivity index (χ3v) is 2.80. The van der Waals surface area contributed by atoms with Gasteiger partial charge in [-0.2, -0.15) is 0 Å². The summed E-state index contributed by atoms with van der Waals surface area (Å²) in [4.78, 5) is 22.9. The molecule has 0 bridgehead atoms. The molecule has 1 aromatic rings. The number of carbonyl (C=O) groups excluding carboxylic acids is 1. The Hall–Kier alpha value is -1.30. The van der Waals surface area contributed by atoms with E-state index in [1.165, 1.54) is 10.6 Å². The second-order valence-electron chi connectivity index (χ2n) is 4.95. The molecular weight excluding hydrogens is 300 g/mol. The number of alkyl carbamates (subject to hydrolysis) is 1. The van der Waals surface area contributed by atoms with Gasteiger partial charge in [0, 0.05) is 30.3 Å². The average Bonchev–Trinajstić information content (AvgIpc) is 2.19. The summed E-state index contributed by atoms with van der Waals surface area (Å²) >= 11 is 3.34. The van der Waals surface area contributed by atoms with Crippen molar-refractivity contribution < 1.29 is 9.53 Å². The Morgan fingerprint density at radius 2 is 2.11 bits per heavy atom. The van der Waals surface area contributed by atoms with E-state index in [4.69, 9.17) is 4.74 Å². The number of aromatic nitrogens is 1. The molecule has 0 saturated heterocycles. The molecule has 1 aromatic heterocycles. The summed E-state index contributed by atoms with van der Waals surface area (Å²) in [6, 6.07) is 1.47. The highest BCUT2D eigenvalue weighted by Gasteiger charge is 2.16. The van der Waals surface area contributed by atoms with Crippen LogP contribution in [0.5, 0.6) is 0 Å². The first-order valence-corrected chi connectivity index (χ1v) is 6.30. The van der Waals surface area contributed by atoms with E-state index in [1.54, 1.807) is 34.0 Å². The molecule has 5 nitrogen and oxygen atoms in total. The van der Waals surface area contributed by atoms with E-state index in [2.05, 4.69) is 21.2 Å². The molecular formula is C12H17BrN2O3. The number of rotatable bonds is 2. The van der Waals surface area contributed by atoms with Crippen molar-refractivity contribution in [1.29, 1.82) is 0 Å². The van der Waals surface area contributed by atoms with Gasteiger partial charge in [0.2, 0.25) is 0 Å². The van der Waals surface area contributed by atoms with Crippen LogP contribution in [0.3, 0.4) is 0 Å². The number of nitrogens with zero attached hydrogens (tertiary/aromatic N) is 1. The maximum atomic E-state index is 11.5. The van der Waals surface area contributed by atoms with Crippen molar-refractivity contribution in [2.45, 2.75) is 32.9 Å². The second-order valence-corrected chi connectivity index (χ2v) is 5.81. The second kappa shape index (κ2) is 5.56. The van der Waals surface area contributed by atoms with Gasteiger partial charge < -0.3 is 14.6 Å². The molecule has 1 rings (SSSR count). The van der Waals surface area contributed by atoms with Crippen LogP contribution in [0.1, 0.15) is 26.3 Å². The molecule has 0 aromatic carbocycles. The molecule has 1 heterocycles. The lowest BCUT2D eigenvalue weighted by Crippen LogP contribution is -2.32. The van der Waals surface area contributed by atoms with Crippen LogP contribution in [-0.4, -0.2) is 16.3 Å². The minimum absolute atomic E-state index is 0.126. The smallest absolute Gasteiger partial charge is 0.407 e. The van der Waals surface area contributed by atoms with Gasteiger partial charge in [-0.3, -0.25) is 4.79 Å². The van der Waals surface area contributed by atoms with E-state index in [1.807, 2.05) is 0 Å². The van der Waals surface area contributed by atoms with E-state index in [-0.39, 0.29) is 12.1 Å². The number of pyridine rings is 1. The Balaban J connectivity index is 2.67. The van der Waals surface area contributed by atoms with Crippen LogP contribution in [0.4, 0.5) is 4.79 Å². The lowest BCUT2D eigenvalue weighted by molar-refractivity contribution is 0.0523. The Morgan fingerprint density at radius 3 is 2.67 bits per heavy atom. The highest BCUT2D eigenvalue weighted by Crippen LogP contribution is 2.13. The molecule has 1 amide bonds. The molecule has 0 fully saturated rings. The molecule has 0 saturated carbocycles. The lowest BCUT2D eigenvalue weighted by Gasteiger charge is -2.19. The molecule has 0 aliphatic rings. The van der Waals surface area contributed by atoms with Crippen molar-refractivity contribution in [3.8, 4) is 0 Å². The predicted octanol–water partition coefficient (Wildman–Crippen LogP) is 2.17. The fraction of sp³-hybridized carbons (Fsp3) is 0.500. The van der Waals surface area contributed by atoms with Crippen LogP contribution in [0, 0.1) is 0 Å². The van der Waals surface area contributed by atoms with Crippen LogP contribution in [0.15, 0.2) is 21.5 Å². The highest BCUT2D eigenvalue weighted by molar-refractivity contribution is 9.10. The molecule has 18 heavy (non-hydrogen) atoms. The Labute approximate surface area is 114 Å². The van der Waals surface area contributed by atoms with E-state index < -0.39 is 11.7 Å². The molecule has 6 heteroatoms. The van der Waals surface area contributed by atoms with Crippen LogP contribution in [-0.2, 0) is 18.3 Å². The van der Waals surface area contributed by atoms with Crippen LogP contribution in [0.25, 0.3) is 0 Å². The minimum atomic E-state index is -0.534. The molecule has 0 spiro atoms. The number of halogens is 1. The van der Waals surface area contributed by atoms with Gasteiger partial charge in [-0.25, -0.2) is 4.79 Å². The largest absolute Gasteiger partial charge is 0.444 e. The van der Waals surface area contributed by atoms with Crippen LogP contribution >= 0.6 is 15.9 Å². The summed E-state index contributed by atoms with van der Waals surface area (Å²) in [7, 11) is 1.66. The molecule has 1 N–H and O–H groups in total. The Bertz CT molecular complexity index is 503. The molecule has 0 aliphatic heterocycles. The van der Waals surface area contributed by atoms with E-state index >= 15 is 0 Å². The standard InChI is InChI=1S/C12H17BrN2O3/c1-12(2,3)18-11(17)14-6-8-5-10(16)15(4)7-9(8)13/h5,7H,6H2,1-4H3,(H,14,17). The summed E-state index contributed by atoms with van der Waals surface area (Å²) in [5.74, 6) is 0. The number of ether oxygens (including phenoxy) is 1. The monoisotopic (exact) mass is 316 g/mol. The molecule has 0 radical (unpaired) electrons. The molecule has 100 valence electrons. The van der Waals surface area contributed by atoms with Gasteiger partial charge in [-0.15, -0.1) is 0 Å². The quantitative estimate of drug-likeness (QED) is 0.909. The topological polar surface area (TPSA) is 60.3 Å². The summed E-state index contributed by atoms with van der Waals surface area (Å²) in [5.41, 5.74) is 0.0527. The maximum absolute atomic E-state index is 11.5. The average molecular weight is 317 g/mol. The normalized spacial score (nSPS) is 11.2. The zero-order chi connectivity index (χ0) is 13.9. The van der Waals surface area contributed by atoms with Gasteiger partial charge in [-0.1, -0.05) is 0 Å². The summed E-state index contributed by atoms with van der Waals surface area (Å²) in [6.45, 7) is 5.62. The van der Waals surface area contributed by atoms with Crippen molar-refractivity contribution in [3.05, 3.63) is 32.7 Å². The fourth-order valence-corrected chi connectivity index (χ4v) is 1.82. The summed E-state index contributed by atoms with van der Waals surface area (Å²) in [6.07, 6.45) is 1.16. The zero-order valence-corrected chi connectivity index (χ0v) is 12.5. The summed E-state index contributed by atoms with van der Waals surface area (Å²) < 4.78 is 7.33. The van der Waals surface area contributed by atoms with Crippen molar-refractivity contribution in [1.82, 2.24) is 9.88 Å². The predicted molar refractivity (Wildman–Crippen MR) is 72.5 cm³/mol. The van der Waals surface area contributed by atoms with Crippen molar-refractivity contribution in [2.24, 2.45) is 7.05 Å². The SMILES string of the molecule is Cn1cc(Br)c(CNC(=O)OC(C)(C)C)cc1=O.